The van der Waals surface area contributed by atoms with Crippen LogP contribution < -0.4 is 9.47 Å². The lowest BCUT2D eigenvalue weighted by molar-refractivity contribution is 0.158. The third-order valence-corrected chi connectivity index (χ3v) is 3.92. The molecular formula is C19H20F2O3. The predicted octanol–water partition coefficient (Wildman–Crippen LogP) is 4.38. The average molecular weight is 334 g/mol. The zero-order valence-electron chi connectivity index (χ0n) is 13.6. The Morgan fingerprint density at radius 1 is 1.08 bits per heavy atom. The highest BCUT2D eigenvalue weighted by Crippen LogP contribution is 2.36. The van der Waals surface area contributed by atoms with Crippen LogP contribution in [0.3, 0.4) is 0 Å². The molecule has 0 bridgehead atoms. The third kappa shape index (κ3) is 3.92. The largest absolute Gasteiger partial charge is 0.497 e. The number of benzene rings is 2. The Hall–Kier alpha value is -2.40. The number of aliphatic hydroxyl groups is 1. The van der Waals surface area contributed by atoms with Gasteiger partial charge in [-0.25, -0.2) is 8.78 Å². The van der Waals surface area contributed by atoms with Crippen LogP contribution in [0.1, 0.15) is 29.6 Å². The molecule has 1 N–H and O–H groups in total. The van der Waals surface area contributed by atoms with Crippen LogP contribution in [0.25, 0.3) is 0 Å². The van der Waals surface area contributed by atoms with Crippen molar-refractivity contribution in [2.24, 2.45) is 0 Å². The van der Waals surface area contributed by atoms with Crippen molar-refractivity contribution in [3.63, 3.8) is 0 Å². The van der Waals surface area contributed by atoms with E-state index < -0.39 is 17.7 Å². The zero-order valence-corrected chi connectivity index (χ0v) is 13.6. The number of allylic oxidation sites excluding steroid dienone is 1. The first-order valence-electron chi connectivity index (χ1n) is 7.47. The van der Waals surface area contributed by atoms with Gasteiger partial charge in [-0.15, -0.1) is 6.58 Å². The van der Waals surface area contributed by atoms with Gasteiger partial charge in [-0.1, -0.05) is 18.2 Å². The van der Waals surface area contributed by atoms with Gasteiger partial charge in [0.1, 0.15) is 23.1 Å². The van der Waals surface area contributed by atoms with Crippen LogP contribution in [0.15, 0.2) is 49.1 Å². The monoisotopic (exact) mass is 334 g/mol. The second-order valence-electron chi connectivity index (χ2n) is 5.37. The SMILES string of the molecule is C=CC(CC(O)c1ccc(F)cc1F)c1ccc(OC)cc1OC. The van der Waals surface area contributed by atoms with Crippen LogP contribution in [-0.4, -0.2) is 19.3 Å². The highest BCUT2D eigenvalue weighted by atomic mass is 19.1. The van der Waals surface area contributed by atoms with Gasteiger partial charge < -0.3 is 14.6 Å². The number of halogens is 2. The highest BCUT2D eigenvalue weighted by molar-refractivity contribution is 5.44. The van der Waals surface area contributed by atoms with Crippen molar-refractivity contribution in [1.29, 1.82) is 0 Å². The summed E-state index contributed by atoms with van der Waals surface area (Å²) in [6.07, 6.45) is 0.754. The fraction of sp³-hybridized carbons (Fsp3) is 0.263. The minimum absolute atomic E-state index is 0.0516. The molecule has 2 rings (SSSR count). The van der Waals surface area contributed by atoms with Crippen LogP contribution in [-0.2, 0) is 0 Å². The molecule has 0 radical (unpaired) electrons. The molecular weight excluding hydrogens is 314 g/mol. The van der Waals surface area contributed by atoms with Crippen molar-refractivity contribution in [3.8, 4) is 11.5 Å². The van der Waals surface area contributed by atoms with E-state index in [1.54, 1.807) is 25.3 Å². The molecule has 0 aliphatic rings. The number of ether oxygens (including phenoxy) is 2. The maximum Gasteiger partial charge on any atom is 0.131 e. The summed E-state index contributed by atoms with van der Waals surface area (Å²) in [5, 5.41) is 10.3. The van der Waals surface area contributed by atoms with Crippen LogP contribution in [0.2, 0.25) is 0 Å². The van der Waals surface area contributed by atoms with Gasteiger partial charge in [0.25, 0.3) is 0 Å². The van der Waals surface area contributed by atoms with Crippen molar-refractivity contribution in [3.05, 3.63) is 71.8 Å². The Morgan fingerprint density at radius 3 is 2.38 bits per heavy atom. The number of hydrogen-bond acceptors (Lipinski definition) is 3. The lowest BCUT2D eigenvalue weighted by atomic mass is 9.90. The molecule has 2 aromatic rings. The number of methoxy groups -OCH3 is 2. The minimum atomic E-state index is -1.10. The van der Waals surface area contributed by atoms with E-state index in [0.29, 0.717) is 11.5 Å². The summed E-state index contributed by atoms with van der Waals surface area (Å²) in [5.41, 5.74) is 0.852. The maximum absolute atomic E-state index is 13.8. The van der Waals surface area contributed by atoms with Gasteiger partial charge in [0.15, 0.2) is 0 Å². The summed E-state index contributed by atoms with van der Waals surface area (Å²) in [6.45, 7) is 3.79. The van der Waals surface area contributed by atoms with Crippen molar-refractivity contribution >= 4 is 0 Å². The molecule has 2 atom stereocenters. The van der Waals surface area contributed by atoms with Crippen molar-refractivity contribution in [1.82, 2.24) is 0 Å². The van der Waals surface area contributed by atoms with Gasteiger partial charge in [0, 0.05) is 29.2 Å². The molecule has 2 aromatic carbocycles. The third-order valence-electron chi connectivity index (χ3n) is 3.92. The Kier molecular flexibility index (Phi) is 5.93. The van der Waals surface area contributed by atoms with Gasteiger partial charge >= 0.3 is 0 Å². The van der Waals surface area contributed by atoms with Crippen LogP contribution in [0.5, 0.6) is 11.5 Å². The molecule has 0 heterocycles. The Bertz CT molecular complexity index is 716. The molecule has 128 valence electrons. The Morgan fingerprint density at radius 2 is 1.79 bits per heavy atom. The van der Waals surface area contributed by atoms with Gasteiger partial charge in [-0.05, 0) is 18.6 Å². The standard InChI is InChI=1S/C19H20F2O3/c1-4-12(15-8-6-14(23-2)11-19(15)24-3)9-18(22)16-7-5-13(20)10-17(16)21/h4-8,10-12,18,22H,1,9H2,2-3H3. The fourth-order valence-electron chi connectivity index (χ4n) is 2.61. The molecule has 0 saturated heterocycles. The summed E-state index contributed by atoms with van der Waals surface area (Å²) in [7, 11) is 3.09. The lowest BCUT2D eigenvalue weighted by Crippen LogP contribution is -2.08. The second kappa shape index (κ2) is 7.93. The van der Waals surface area contributed by atoms with Crippen molar-refractivity contribution in [2.75, 3.05) is 14.2 Å². The maximum atomic E-state index is 13.8. The summed E-state index contributed by atoms with van der Waals surface area (Å²) in [4.78, 5) is 0. The van der Waals surface area contributed by atoms with E-state index >= 15 is 0 Å². The number of aliphatic hydroxyl groups excluding tert-OH is 1. The molecule has 0 saturated carbocycles. The molecule has 0 aliphatic heterocycles. The quantitative estimate of drug-likeness (QED) is 0.764. The molecule has 0 aliphatic carbocycles. The fourth-order valence-corrected chi connectivity index (χ4v) is 2.61. The minimum Gasteiger partial charge on any atom is -0.497 e. The van der Waals surface area contributed by atoms with E-state index in [1.165, 1.54) is 13.2 Å². The van der Waals surface area contributed by atoms with E-state index in [2.05, 4.69) is 6.58 Å². The van der Waals surface area contributed by atoms with Crippen LogP contribution in [0, 0.1) is 11.6 Å². The lowest BCUT2D eigenvalue weighted by Gasteiger charge is -2.21. The smallest absolute Gasteiger partial charge is 0.131 e. The molecule has 0 fully saturated rings. The second-order valence-corrected chi connectivity index (χ2v) is 5.37. The van der Waals surface area contributed by atoms with Gasteiger partial charge in [-0.3, -0.25) is 0 Å². The molecule has 5 heteroatoms. The normalized spacial score (nSPS) is 13.2. The summed E-state index contributed by atoms with van der Waals surface area (Å²) in [6, 6.07) is 8.46. The number of rotatable bonds is 7. The summed E-state index contributed by atoms with van der Waals surface area (Å²) >= 11 is 0. The van der Waals surface area contributed by atoms with Crippen LogP contribution >= 0.6 is 0 Å². The molecule has 0 amide bonds. The Labute approximate surface area is 140 Å². The molecule has 2 unspecified atom stereocenters. The van der Waals surface area contributed by atoms with Crippen molar-refractivity contribution < 1.29 is 23.4 Å². The molecule has 0 spiro atoms. The zero-order chi connectivity index (χ0) is 17.7. The first kappa shape index (κ1) is 17.9. The van der Waals surface area contributed by atoms with E-state index in [4.69, 9.17) is 9.47 Å². The number of hydrogen-bond donors (Lipinski definition) is 1. The van der Waals surface area contributed by atoms with Gasteiger partial charge in [-0.2, -0.15) is 0 Å². The average Bonchev–Trinajstić information content (AvgIpc) is 2.58. The predicted molar refractivity (Wildman–Crippen MR) is 88.4 cm³/mol. The molecule has 24 heavy (non-hydrogen) atoms. The van der Waals surface area contributed by atoms with E-state index in [1.807, 2.05) is 6.07 Å². The Balaban J connectivity index is 2.27. The first-order valence-corrected chi connectivity index (χ1v) is 7.47. The summed E-state index contributed by atoms with van der Waals surface area (Å²) in [5.74, 6) is -0.493. The van der Waals surface area contributed by atoms with E-state index in [-0.39, 0.29) is 17.9 Å². The van der Waals surface area contributed by atoms with Crippen molar-refractivity contribution in [2.45, 2.75) is 18.4 Å². The van der Waals surface area contributed by atoms with Gasteiger partial charge in [0.05, 0.1) is 20.3 Å². The first-order chi connectivity index (χ1) is 11.5. The topological polar surface area (TPSA) is 38.7 Å². The highest BCUT2D eigenvalue weighted by Gasteiger charge is 2.21. The van der Waals surface area contributed by atoms with E-state index in [0.717, 1.165) is 17.7 Å². The van der Waals surface area contributed by atoms with Gasteiger partial charge in [0.2, 0.25) is 0 Å². The molecule has 3 nitrogen and oxygen atoms in total. The molecule has 0 aromatic heterocycles. The summed E-state index contributed by atoms with van der Waals surface area (Å²) < 4.78 is 37.4. The van der Waals surface area contributed by atoms with Crippen LogP contribution in [0.4, 0.5) is 8.78 Å². The van der Waals surface area contributed by atoms with E-state index in [9.17, 15) is 13.9 Å².